The summed E-state index contributed by atoms with van der Waals surface area (Å²) in [5, 5.41) is 0. The highest BCUT2D eigenvalue weighted by molar-refractivity contribution is 7.98. The summed E-state index contributed by atoms with van der Waals surface area (Å²) in [5.74, 6) is 1.66. The molecule has 0 unspecified atom stereocenters. The smallest absolute Gasteiger partial charge is 0.229 e. The van der Waals surface area contributed by atoms with Crippen LogP contribution in [0.4, 0.5) is 0 Å². The minimum atomic E-state index is -0.310. The molecule has 114 valence electrons. The predicted octanol–water partition coefficient (Wildman–Crippen LogP) is 1.85. The van der Waals surface area contributed by atoms with Crippen molar-refractivity contribution in [3.8, 4) is 0 Å². The molecule has 20 heavy (non-hydrogen) atoms. The largest absolute Gasteiger partial charge is 0.341 e. The van der Waals surface area contributed by atoms with Crippen LogP contribution in [0.1, 0.15) is 33.1 Å². The Morgan fingerprint density at radius 2 is 1.70 bits per heavy atom. The molecule has 0 spiro atoms. The van der Waals surface area contributed by atoms with E-state index in [1.165, 1.54) is 0 Å². The molecule has 1 saturated carbocycles. The SMILES string of the molecule is CSCC(C)(C)C(=O)N1CCCN(C(=O)C2CC2)CC1. The van der Waals surface area contributed by atoms with E-state index in [0.717, 1.165) is 38.1 Å². The molecule has 2 amide bonds. The topological polar surface area (TPSA) is 40.6 Å². The van der Waals surface area contributed by atoms with Crippen LogP contribution < -0.4 is 0 Å². The molecule has 2 rings (SSSR count). The molecule has 1 saturated heterocycles. The molecule has 5 heteroatoms. The third-order valence-electron chi connectivity index (χ3n) is 4.11. The molecule has 4 nitrogen and oxygen atoms in total. The quantitative estimate of drug-likeness (QED) is 0.795. The van der Waals surface area contributed by atoms with E-state index in [-0.39, 0.29) is 17.2 Å². The predicted molar refractivity (Wildman–Crippen MR) is 82.7 cm³/mol. The van der Waals surface area contributed by atoms with E-state index >= 15 is 0 Å². The highest BCUT2D eigenvalue weighted by atomic mass is 32.2. The number of thioether (sulfide) groups is 1. The lowest BCUT2D eigenvalue weighted by atomic mass is 9.94. The normalized spacial score (nSPS) is 20.8. The van der Waals surface area contributed by atoms with Crippen LogP contribution in [0.15, 0.2) is 0 Å². The minimum absolute atomic E-state index is 0.229. The maximum absolute atomic E-state index is 12.6. The van der Waals surface area contributed by atoms with Crippen LogP contribution in [0.5, 0.6) is 0 Å². The first-order valence-corrected chi connectivity index (χ1v) is 8.92. The number of carbonyl (C=O) groups is 2. The third kappa shape index (κ3) is 3.68. The van der Waals surface area contributed by atoms with Crippen molar-refractivity contribution in [2.45, 2.75) is 33.1 Å². The zero-order chi connectivity index (χ0) is 14.8. The fourth-order valence-electron chi connectivity index (χ4n) is 2.78. The molecule has 0 aromatic rings. The van der Waals surface area contributed by atoms with Gasteiger partial charge in [0.2, 0.25) is 11.8 Å². The summed E-state index contributed by atoms with van der Waals surface area (Å²) in [6.45, 7) is 7.02. The number of nitrogens with zero attached hydrogens (tertiary/aromatic N) is 2. The molecule has 0 aromatic heterocycles. The van der Waals surface area contributed by atoms with E-state index in [2.05, 4.69) is 0 Å². The highest BCUT2D eigenvalue weighted by Gasteiger charge is 2.36. The fourth-order valence-corrected chi connectivity index (χ4v) is 3.63. The Morgan fingerprint density at radius 1 is 1.10 bits per heavy atom. The Hall–Kier alpha value is -0.710. The summed E-state index contributed by atoms with van der Waals surface area (Å²) in [4.78, 5) is 28.6. The molecule has 0 bridgehead atoms. The van der Waals surface area contributed by atoms with Crippen molar-refractivity contribution in [2.24, 2.45) is 11.3 Å². The number of carbonyl (C=O) groups excluding carboxylic acids is 2. The Balaban J connectivity index is 1.91. The lowest BCUT2D eigenvalue weighted by molar-refractivity contribution is -0.139. The van der Waals surface area contributed by atoms with Gasteiger partial charge in [-0.05, 0) is 25.5 Å². The summed E-state index contributed by atoms with van der Waals surface area (Å²) in [7, 11) is 0. The molecule has 0 radical (unpaired) electrons. The molecule has 2 fully saturated rings. The summed E-state index contributed by atoms with van der Waals surface area (Å²) in [6.07, 6.45) is 5.05. The van der Waals surface area contributed by atoms with Crippen LogP contribution >= 0.6 is 11.8 Å². The van der Waals surface area contributed by atoms with E-state index in [9.17, 15) is 9.59 Å². The maximum Gasteiger partial charge on any atom is 0.229 e. The van der Waals surface area contributed by atoms with Crippen molar-refractivity contribution in [1.29, 1.82) is 0 Å². The van der Waals surface area contributed by atoms with E-state index < -0.39 is 0 Å². The minimum Gasteiger partial charge on any atom is -0.341 e. The van der Waals surface area contributed by atoms with Gasteiger partial charge in [-0.1, -0.05) is 13.8 Å². The summed E-state index contributed by atoms with van der Waals surface area (Å²) >= 11 is 1.71. The second-order valence-electron chi connectivity index (χ2n) is 6.56. The van der Waals surface area contributed by atoms with Gasteiger partial charge in [-0.25, -0.2) is 0 Å². The van der Waals surface area contributed by atoms with Crippen molar-refractivity contribution >= 4 is 23.6 Å². The molecular formula is C15H26N2O2S. The van der Waals surface area contributed by atoms with Crippen LogP contribution in [-0.2, 0) is 9.59 Å². The van der Waals surface area contributed by atoms with Crippen LogP contribution in [-0.4, -0.2) is 59.8 Å². The third-order valence-corrected chi connectivity index (χ3v) is 5.12. The highest BCUT2D eigenvalue weighted by Crippen LogP contribution is 2.31. The second kappa shape index (κ2) is 6.37. The van der Waals surface area contributed by atoms with Gasteiger partial charge < -0.3 is 9.80 Å². The van der Waals surface area contributed by atoms with Gasteiger partial charge in [0.25, 0.3) is 0 Å². The lowest BCUT2D eigenvalue weighted by Gasteiger charge is -2.30. The van der Waals surface area contributed by atoms with E-state index in [1.807, 2.05) is 29.9 Å². The molecule has 0 aromatic carbocycles. The zero-order valence-electron chi connectivity index (χ0n) is 12.9. The van der Waals surface area contributed by atoms with Crippen LogP contribution in [0.2, 0.25) is 0 Å². The first-order chi connectivity index (χ1) is 9.45. The molecule has 1 aliphatic heterocycles. The number of hydrogen-bond donors (Lipinski definition) is 0. The van der Waals surface area contributed by atoms with Crippen molar-refractivity contribution in [1.82, 2.24) is 9.80 Å². The van der Waals surface area contributed by atoms with E-state index in [4.69, 9.17) is 0 Å². The van der Waals surface area contributed by atoms with Gasteiger partial charge in [0.15, 0.2) is 0 Å². The van der Waals surface area contributed by atoms with Crippen LogP contribution in [0.3, 0.4) is 0 Å². The van der Waals surface area contributed by atoms with E-state index in [1.54, 1.807) is 11.8 Å². The zero-order valence-corrected chi connectivity index (χ0v) is 13.7. The van der Waals surface area contributed by atoms with Gasteiger partial charge in [0.1, 0.15) is 0 Å². The molecule has 0 atom stereocenters. The van der Waals surface area contributed by atoms with Gasteiger partial charge >= 0.3 is 0 Å². The van der Waals surface area contributed by atoms with Crippen LogP contribution in [0.25, 0.3) is 0 Å². The van der Waals surface area contributed by atoms with Gasteiger partial charge in [0, 0.05) is 37.8 Å². The fraction of sp³-hybridized carbons (Fsp3) is 0.867. The standard InChI is InChI=1S/C15H26N2O2S/c1-15(2,11-20-3)14(19)17-8-4-7-16(9-10-17)13(18)12-5-6-12/h12H,4-11H2,1-3H3. The van der Waals surface area contributed by atoms with Gasteiger partial charge in [-0.3, -0.25) is 9.59 Å². The molecule has 1 heterocycles. The van der Waals surface area contributed by atoms with Crippen molar-refractivity contribution in [2.75, 3.05) is 38.2 Å². The van der Waals surface area contributed by atoms with Gasteiger partial charge in [0.05, 0.1) is 5.41 Å². The first-order valence-electron chi connectivity index (χ1n) is 7.53. The second-order valence-corrected chi connectivity index (χ2v) is 7.43. The number of hydrogen-bond acceptors (Lipinski definition) is 3. The maximum atomic E-state index is 12.6. The summed E-state index contributed by atoms with van der Waals surface area (Å²) in [5.41, 5.74) is -0.310. The monoisotopic (exact) mass is 298 g/mol. The average Bonchev–Trinajstić information content (AvgIpc) is 3.23. The molecule has 1 aliphatic carbocycles. The Morgan fingerprint density at radius 3 is 2.30 bits per heavy atom. The first kappa shape index (κ1) is 15.7. The molecule has 0 N–H and O–H groups in total. The Kier molecular flexibility index (Phi) is 4.99. The van der Waals surface area contributed by atoms with Crippen molar-refractivity contribution in [3.05, 3.63) is 0 Å². The Bertz CT molecular complexity index is 380. The number of rotatable bonds is 4. The van der Waals surface area contributed by atoms with Crippen molar-refractivity contribution < 1.29 is 9.59 Å². The van der Waals surface area contributed by atoms with Crippen molar-refractivity contribution in [3.63, 3.8) is 0 Å². The van der Waals surface area contributed by atoms with Gasteiger partial charge in [-0.15, -0.1) is 0 Å². The Labute approximate surface area is 126 Å². The number of amides is 2. The molecular weight excluding hydrogens is 272 g/mol. The summed E-state index contributed by atoms with van der Waals surface area (Å²) < 4.78 is 0. The summed E-state index contributed by atoms with van der Waals surface area (Å²) in [6, 6.07) is 0. The van der Waals surface area contributed by atoms with Crippen LogP contribution in [0, 0.1) is 11.3 Å². The van der Waals surface area contributed by atoms with E-state index in [0.29, 0.717) is 19.0 Å². The molecule has 2 aliphatic rings. The van der Waals surface area contributed by atoms with Gasteiger partial charge in [-0.2, -0.15) is 11.8 Å². The lowest BCUT2D eigenvalue weighted by Crippen LogP contribution is -2.44. The average molecular weight is 298 g/mol.